The minimum atomic E-state index is -0.657. The number of hydrogen-bond acceptors (Lipinski definition) is 5. The van der Waals surface area contributed by atoms with E-state index in [2.05, 4.69) is 15.4 Å². The van der Waals surface area contributed by atoms with E-state index < -0.39 is 17.9 Å². The number of carbonyl (C=O) groups excluding carboxylic acids is 2. The molecular formula is C21H29FN6O2. The molecule has 1 aliphatic rings. The molecule has 0 spiro atoms. The lowest BCUT2D eigenvalue weighted by Gasteiger charge is -2.32. The van der Waals surface area contributed by atoms with E-state index in [9.17, 15) is 14.0 Å². The fraction of sp³-hybridized carbons (Fsp3) is 0.524. The van der Waals surface area contributed by atoms with Crippen molar-refractivity contribution in [3.05, 3.63) is 35.9 Å². The van der Waals surface area contributed by atoms with E-state index in [1.54, 1.807) is 30.3 Å². The standard InChI is InChI=1S/C21H29FN6O2/c1-21(2,3)18(23)20(30)28-9-5-6-16(28)19(29)25-11-13-7-8-15(24-10-13)17-14(22)12-26-27(17)4/h7-8,10,12,16,18H,5-6,9,11,23H2,1-4H3,(H,25,29). The normalized spacial score (nSPS) is 17.8. The van der Waals surface area contributed by atoms with Crippen LogP contribution in [0.15, 0.2) is 24.5 Å². The zero-order valence-electron chi connectivity index (χ0n) is 17.9. The predicted octanol–water partition coefficient (Wildman–Crippen LogP) is 1.60. The SMILES string of the molecule is Cn1ncc(F)c1-c1ccc(CNC(=O)C2CCCN2C(=O)C(N)C(C)(C)C)cn1. The second kappa shape index (κ2) is 8.51. The Morgan fingerprint density at radius 2 is 2.07 bits per heavy atom. The van der Waals surface area contributed by atoms with Crippen LogP contribution in [0, 0.1) is 11.2 Å². The van der Waals surface area contributed by atoms with Crippen LogP contribution in [0.2, 0.25) is 0 Å². The molecule has 162 valence electrons. The lowest BCUT2D eigenvalue weighted by molar-refractivity contribution is -0.141. The molecule has 3 rings (SSSR count). The highest BCUT2D eigenvalue weighted by molar-refractivity contribution is 5.90. The number of nitrogens with zero attached hydrogens (tertiary/aromatic N) is 4. The second-order valence-electron chi connectivity index (χ2n) is 8.77. The van der Waals surface area contributed by atoms with Crippen LogP contribution < -0.4 is 11.1 Å². The zero-order valence-corrected chi connectivity index (χ0v) is 17.9. The molecule has 2 amide bonds. The summed E-state index contributed by atoms with van der Waals surface area (Å²) in [7, 11) is 1.65. The Balaban J connectivity index is 1.62. The molecule has 0 bridgehead atoms. The van der Waals surface area contributed by atoms with E-state index in [1.807, 2.05) is 20.8 Å². The van der Waals surface area contributed by atoms with Gasteiger partial charge in [0.2, 0.25) is 11.8 Å². The summed E-state index contributed by atoms with van der Waals surface area (Å²) in [5.74, 6) is -0.835. The Labute approximate surface area is 175 Å². The molecule has 9 heteroatoms. The smallest absolute Gasteiger partial charge is 0.243 e. The van der Waals surface area contributed by atoms with Crippen LogP contribution in [-0.2, 0) is 23.2 Å². The first-order chi connectivity index (χ1) is 14.1. The van der Waals surface area contributed by atoms with Crippen molar-refractivity contribution in [1.82, 2.24) is 25.0 Å². The van der Waals surface area contributed by atoms with Gasteiger partial charge >= 0.3 is 0 Å². The molecule has 1 aliphatic heterocycles. The van der Waals surface area contributed by atoms with Crippen LogP contribution >= 0.6 is 0 Å². The molecule has 0 radical (unpaired) electrons. The molecule has 0 saturated carbocycles. The van der Waals surface area contributed by atoms with Gasteiger partial charge in [-0.15, -0.1) is 0 Å². The van der Waals surface area contributed by atoms with Gasteiger partial charge in [-0.05, 0) is 29.9 Å². The molecule has 3 heterocycles. The molecule has 2 atom stereocenters. The van der Waals surface area contributed by atoms with E-state index >= 15 is 0 Å². The Hall–Kier alpha value is -2.81. The Morgan fingerprint density at radius 3 is 2.63 bits per heavy atom. The van der Waals surface area contributed by atoms with Crippen LogP contribution in [-0.4, -0.2) is 50.1 Å². The fourth-order valence-electron chi connectivity index (χ4n) is 3.53. The van der Waals surface area contributed by atoms with Crippen molar-refractivity contribution in [1.29, 1.82) is 0 Å². The third-order valence-electron chi connectivity index (χ3n) is 5.47. The Bertz CT molecular complexity index is 899. The van der Waals surface area contributed by atoms with Crippen LogP contribution in [0.5, 0.6) is 0 Å². The van der Waals surface area contributed by atoms with Crippen molar-refractivity contribution >= 4 is 11.8 Å². The summed E-state index contributed by atoms with van der Waals surface area (Å²) in [6, 6.07) is 2.30. The van der Waals surface area contributed by atoms with Crippen molar-refractivity contribution in [2.75, 3.05) is 6.54 Å². The van der Waals surface area contributed by atoms with Crippen molar-refractivity contribution < 1.29 is 14.0 Å². The molecular weight excluding hydrogens is 387 g/mol. The zero-order chi connectivity index (χ0) is 22.1. The minimum absolute atomic E-state index is 0.190. The van der Waals surface area contributed by atoms with Crippen LogP contribution in [0.4, 0.5) is 4.39 Å². The number of hydrogen-bond donors (Lipinski definition) is 2. The van der Waals surface area contributed by atoms with Crippen LogP contribution in [0.3, 0.4) is 0 Å². The largest absolute Gasteiger partial charge is 0.350 e. The van der Waals surface area contributed by atoms with Crippen molar-refractivity contribution in [3.63, 3.8) is 0 Å². The van der Waals surface area contributed by atoms with Crippen LogP contribution in [0.1, 0.15) is 39.2 Å². The van der Waals surface area contributed by atoms with E-state index in [4.69, 9.17) is 5.73 Å². The van der Waals surface area contributed by atoms with E-state index in [-0.39, 0.29) is 23.8 Å². The monoisotopic (exact) mass is 416 g/mol. The first-order valence-electron chi connectivity index (χ1n) is 10.1. The number of aryl methyl sites for hydroxylation is 1. The summed E-state index contributed by atoms with van der Waals surface area (Å²) < 4.78 is 15.3. The first kappa shape index (κ1) is 21.9. The topological polar surface area (TPSA) is 106 Å². The van der Waals surface area contributed by atoms with Gasteiger partial charge in [0, 0.05) is 26.3 Å². The highest BCUT2D eigenvalue weighted by Crippen LogP contribution is 2.24. The van der Waals surface area contributed by atoms with Gasteiger partial charge in [0.15, 0.2) is 5.82 Å². The lowest BCUT2D eigenvalue weighted by Crippen LogP contribution is -2.54. The molecule has 1 fully saturated rings. The predicted molar refractivity (Wildman–Crippen MR) is 110 cm³/mol. The van der Waals surface area contributed by atoms with E-state index in [0.29, 0.717) is 24.4 Å². The number of rotatable bonds is 5. The number of carbonyl (C=O) groups is 2. The number of nitrogens with one attached hydrogen (secondary N) is 1. The van der Waals surface area contributed by atoms with Gasteiger partial charge in [-0.1, -0.05) is 26.8 Å². The summed E-state index contributed by atoms with van der Waals surface area (Å²) in [5.41, 5.74) is 7.28. The molecule has 0 aliphatic carbocycles. The molecule has 1 saturated heterocycles. The molecule has 3 N–H and O–H groups in total. The minimum Gasteiger partial charge on any atom is -0.350 e. The third kappa shape index (κ3) is 4.51. The number of pyridine rings is 1. The number of likely N-dealkylation sites (tertiary alicyclic amines) is 1. The van der Waals surface area contributed by atoms with Crippen molar-refractivity contribution in [3.8, 4) is 11.4 Å². The van der Waals surface area contributed by atoms with Gasteiger partial charge in [0.25, 0.3) is 0 Å². The molecule has 30 heavy (non-hydrogen) atoms. The van der Waals surface area contributed by atoms with Gasteiger partial charge in [0.1, 0.15) is 11.7 Å². The van der Waals surface area contributed by atoms with E-state index in [0.717, 1.165) is 18.2 Å². The van der Waals surface area contributed by atoms with Crippen LogP contribution in [0.25, 0.3) is 11.4 Å². The number of halogens is 1. The summed E-state index contributed by atoms with van der Waals surface area (Å²) in [4.78, 5) is 31.4. The summed E-state index contributed by atoms with van der Waals surface area (Å²) >= 11 is 0. The number of aromatic nitrogens is 3. The van der Waals surface area contributed by atoms with Gasteiger partial charge in [-0.25, -0.2) is 4.39 Å². The Morgan fingerprint density at radius 1 is 1.33 bits per heavy atom. The number of amides is 2. The maximum atomic E-state index is 13.8. The van der Waals surface area contributed by atoms with Gasteiger partial charge in [0.05, 0.1) is 17.9 Å². The summed E-state index contributed by atoms with van der Waals surface area (Å²) in [6.45, 7) is 6.54. The number of nitrogens with two attached hydrogens (primary N) is 1. The molecule has 2 aromatic heterocycles. The molecule has 0 aromatic carbocycles. The second-order valence-corrected chi connectivity index (χ2v) is 8.77. The molecule has 8 nitrogen and oxygen atoms in total. The molecule has 2 unspecified atom stereocenters. The highest BCUT2D eigenvalue weighted by Gasteiger charge is 2.39. The van der Waals surface area contributed by atoms with Crippen molar-refractivity contribution in [2.24, 2.45) is 18.2 Å². The summed E-state index contributed by atoms with van der Waals surface area (Å²) in [6.07, 6.45) is 4.12. The average Bonchev–Trinajstić information content (AvgIpc) is 3.31. The third-order valence-corrected chi connectivity index (χ3v) is 5.47. The summed E-state index contributed by atoms with van der Waals surface area (Å²) in [5, 5.41) is 6.75. The first-order valence-corrected chi connectivity index (χ1v) is 10.1. The average molecular weight is 417 g/mol. The van der Waals surface area contributed by atoms with E-state index in [1.165, 1.54) is 4.68 Å². The van der Waals surface area contributed by atoms with Gasteiger partial charge in [-0.3, -0.25) is 19.3 Å². The maximum absolute atomic E-state index is 13.8. The van der Waals surface area contributed by atoms with Crippen molar-refractivity contribution in [2.45, 2.75) is 52.2 Å². The highest BCUT2D eigenvalue weighted by atomic mass is 19.1. The Kier molecular flexibility index (Phi) is 6.21. The molecule has 2 aromatic rings. The quantitative estimate of drug-likeness (QED) is 0.770. The van der Waals surface area contributed by atoms with Gasteiger partial charge in [-0.2, -0.15) is 5.10 Å². The van der Waals surface area contributed by atoms with Gasteiger partial charge < -0.3 is 16.0 Å². The maximum Gasteiger partial charge on any atom is 0.243 e. The lowest BCUT2D eigenvalue weighted by atomic mass is 9.86. The fourth-order valence-corrected chi connectivity index (χ4v) is 3.53.